The molecule has 6 heteroatoms. The zero-order chi connectivity index (χ0) is 13.9. The number of hydrogen-bond donors (Lipinski definition) is 3. The lowest BCUT2D eigenvalue weighted by Gasteiger charge is -2.23. The maximum absolute atomic E-state index is 11.8. The second kappa shape index (κ2) is 9.95. The Bertz CT molecular complexity index is 290. The molecule has 0 spiro atoms. The molecule has 0 aromatic rings. The average Bonchev–Trinajstić information content (AvgIpc) is 2.44. The van der Waals surface area contributed by atoms with Crippen molar-refractivity contribution >= 4 is 23.6 Å². The first-order chi connectivity index (χ1) is 9.26. The van der Waals surface area contributed by atoms with Gasteiger partial charge in [-0.3, -0.25) is 9.79 Å². The largest absolute Gasteiger partial charge is 0.356 e. The summed E-state index contributed by atoms with van der Waals surface area (Å²) in [6.07, 6.45) is 8.07. The summed E-state index contributed by atoms with van der Waals surface area (Å²) in [6, 6.07) is 0.370. The van der Waals surface area contributed by atoms with Gasteiger partial charge in [0.25, 0.3) is 0 Å². The van der Waals surface area contributed by atoms with E-state index in [-0.39, 0.29) is 12.5 Å². The lowest BCUT2D eigenvalue weighted by molar-refractivity contribution is -0.120. The number of rotatable bonds is 6. The van der Waals surface area contributed by atoms with Crippen LogP contribution in [0, 0.1) is 0 Å². The van der Waals surface area contributed by atoms with Gasteiger partial charge in [0, 0.05) is 25.4 Å². The zero-order valence-corrected chi connectivity index (χ0v) is 12.8. The van der Waals surface area contributed by atoms with Crippen molar-refractivity contribution in [1.82, 2.24) is 16.0 Å². The van der Waals surface area contributed by atoms with Gasteiger partial charge in [0.1, 0.15) is 0 Å². The lowest BCUT2D eigenvalue weighted by Crippen LogP contribution is -2.46. The summed E-state index contributed by atoms with van der Waals surface area (Å²) in [4.78, 5) is 15.9. The van der Waals surface area contributed by atoms with Gasteiger partial charge in [0.2, 0.25) is 5.91 Å². The number of guanidine groups is 1. The molecule has 1 amide bonds. The molecular weight excluding hydrogens is 260 g/mol. The first-order valence-corrected chi connectivity index (χ1v) is 8.38. The van der Waals surface area contributed by atoms with E-state index in [2.05, 4.69) is 27.2 Å². The van der Waals surface area contributed by atoms with Crippen molar-refractivity contribution in [1.29, 1.82) is 0 Å². The predicted octanol–water partition coefficient (Wildman–Crippen LogP) is 0.963. The minimum atomic E-state index is 0.0553. The van der Waals surface area contributed by atoms with Gasteiger partial charge in [-0.15, -0.1) is 0 Å². The van der Waals surface area contributed by atoms with Crippen LogP contribution in [0.15, 0.2) is 4.99 Å². The number of thioether (sulfide) groups is 1. The summed E-state index contributed by atoms with van der Waals surface area (Å²) < 4.78 is 0. The van der Waals surface area contributed by atoms with E-state index in [1.165, 1.54) is 19.3 Å². The second-order valence-corrected chi connectivity index (χ2v) is 5.73. The zero-order valence-electron chi connectivity index (χ0n) is 12.0. The van der Waals surface area contributed by atoms with E-state index in [0.29, 0.717) is 12.0 Å². The minimum Gasteiger partial charge on any atom is -0.356 e. The van der Waals surface area contributed by atoms with E-state index in [1.807, 2.05) is 0 Å². The first-order valence-electron chi connectivity index (χ1n) is 6.99. The smallest absolute Gasteiger partial charge is 0.239 e. The molecule has 0 saturated heterocycles. The maximum Gasteiger partial charge on any atom is 0.239 e. The van der Waals surface area contributed by atoms with Crippen molar-refractivity contribution in [2.24, 2.45) is 4.99 Å². The molecule has 0 radical (unpaired) electrons. The summed E-state index contributed by atoms with van der Waals surface area (Å²) in [5.41, 5.74) is 0. The van der Waals surface area contributed by atoms with E-state index in [1.54, 1.807) is 18.8 Å². The summed E-state index contributed by atoms with van der Waals surface area (Å²) in [5.74, 6) is 1.77. The number of nitrogens with zero attached hydrogens (tertiary/aromatic N) is 1. The first kappa shape index (κ1) is 16.1. The molecule has 0 aromatic heterocycles. The van der Waals surface area contributed by atoms with Gasteiger partial charge < -0.3 is 16.0 Å². The third-order valence-corrected chi connectivity index (χ3v) is 3.82. The fraction of sp³-hybridized carbons (Fsp3) is 0.846. The Labute approximate surface area is 120 Å². The van der Waals surface area contributed by atoms with Gasteiger partial charge in [-0.1, -0.05) is 19.3 Å². The van der Waals surface area contributed by atoms with E-state index < -0.39 is 0 Å². The molecule has 1 aliphatic carbocycles. The van der Waals surface area contributed by atoms with Crippen molar-refractivity contribution in [2.75, 3.05) is 32.1 Å². The fourth-order valence-electron chi connectivity index (χ4n) is 2.18. The summed E-state index contributed by atoms with van der Waals surface area (Å²) in [7, 11) is 1.72. The molecule has 0 aromatic carbocycles. The summed E-state index contributed by atoms with van der Waals surface area (Å²) in [5, 5.41) is 9.28. The molecule has 1 saturated carbocycles. The third-order valence-electron chi connectivity index (χ3n) is 3.21. The normalized spacial score (nSPS) is 17.1. The quantitative estimate of drug-likeness (QED) is 0.387. The Morgan fingerprint density at radius 1 is 1.26 bits per heavy atom. The number of aliphatic imine (C=N–C) groups is 1. The molecular formula is C13H26N4OS. The highest BCUT2D eigenvalue weighted by atomic mass is 32.2. The molecule has 3 N–H and O–H groups in total. The Hall–Kier alpha value is -0.910. The van der Waals surface area contributed by atoms with Gasteiger partial charge in [0.05, 0.1) is 6.54 Å². The summed E-state index contributed by atoms with van der Waals surface area (Å²) in [6.45, 7) is 1.14. The van der Waals surface area contributed by atoms with Crippen LogP contribution in [-0.4, -0.2) is 50.1 Å². The second-order valence-electron chi connectivity index (χ2n) is 4.75. The van der Waals surface area contributed by atoms with Crippen LogP contribution >= 0.6 is 11.8 Å². The molecule has 0 heterocycles. The number of nitrogens with one attached hydrogen (secondary N) is 3. The van der Waals surface area contributed by atoms with Crippen LogP contribution in [0.5, 0.6) is 0 Å². The monoisotopic (exact) mass is 286 g/mol. The van der Waals surface area contributed by atoms with Crippen molar-refractivity contribution in [2.45, 2.75) is 38.1 Å². The highest BCUT2D eigenvalue weighted by Crippen LogP contribution is 2.16. The molecule has 1 aliphatic rings. The van der Waals surface area contributed by atoms with Crippen LogP contribution < -0.4 is 16.0 Å². The third kappa shape index (κ3) is 7.30. The molecule has 1 rings (SSSR count). The van der Waals surface area contributed by atoms with Crippen LogP contribution in [0.4, 0.5) is 0 Å². The molecule has 110 valence electrons. The van der Waals surface area contributed by atoms with Crippen LogP contribution in [0.3, 0.4) is 0 Å². The van der Waals surface area contributed by atoms with Gasteiger partial charge >= 0.3 is 0 Å². The Morgan fingerprint density at radius 2 is 2.00 bits per heavy atom. The van der Waals surface area contributed by atoms with Crippen molar-refractivity contribution in [3.63, 3.8) is 0 Å². The van der Waals surface area contributed by atoms with E-state index in [9.17, 15) is 4.79 Å². The SMILES string of the molecule is CN=C(NCCSC)NCC(=O)NC1CCCCC1. The van der Waals surface area contributed by atoms with Crippen molar-refractivity contribution in [3.05, 3.63) is 0 Å². The van der Waals surface area contributed by atoms with Crippen LogP contribution in [0.1, 0.15) is 32.1 Å². The highest BCUT2D eigenvalue weighted by Gasteiger charge is 2.15. The van der Waals surface area contributed by atoms with E-state index >= 15 is 0 Å². The topological polar surface area (TPSA) is 65.5 Å². The lowest BCUT2D eigenvalue weighted by atomic mass is 9.95. The number of amides is 1. The van der Waals surface area contributed by atoms with Crippen LogP contribution in [0.2, 0.25) is 0 Å². The molecule has 0 unspecified atom stereocenters. The van der Waals surface area contributed by atoms with E-state index in [4.69, 9.17) is 0 Å². The van der Waals surface area contributed by atoms with Crippen molar-refractivity contribution in [3.8, 4) is 0 Å². The molecule has 19 heavy (non-hydrogen) atoms. The number of carbonyl (C=O) groups excluding carboxylic acids is 1. The Balaban J connectivity index is 2.16. The van der Waals surface area contributed by atoms with Crippen LogP contribution in [0.25, 0.3) is 0 Å². The van der Waals surface area contributed by atoms with E-state index in [0.717, 1.165) is 25.1 Å². The standard InChI is InChI=1S/C13H26N4OS/c1-14-13(15-8-9-19-2)16-10-12(18)17-11-6-4-3-5-7-11/h11H,3-10H2,1-2H3,(H,17,18)(H2,14,15,16). The Morgan fingerprint density at radius 3 is 2.63 bits per heavy atom. The molecule has 0 aliphatic heterocycles. The van der Waals surface area contributed by atoms with Gasteiger partial charge in [0.15, 0.2) is 5.96 Å². The average molecular weight is 286 g/mol. The highest BCUT2D eigenvalue weighted by molar-refractivity contribution is 7.98. The maximum atomic E-state index is 11.8. The molecule has 5 nitrogen and oxygen atoms in total. The number of hydrogen-bond acceptors (Lipinski definition) is 3. The minimum absolute atomic E-state index is 0.0553. The summed E-state index contributed by atoms with van der Waals surface area (Å²) >= 11 is 1.78. The van der Waals surface area contributed by atoms with Gasteiger partial charge in [-0.2, -0.15) is 11.8 Å². The predicted molar refractivity (Wildman–Crippen MR) is 82.8 cm³/mol. The molecule has 0 atom stereocenters. The van der Waals surface area contributed by atoms with Gasteiger partial charge in [-0.05, 0) is 19.1 Å². The van der Waals surface area contributed by atoms with Gasteiger partial charge in [-0.25, -0.2) is 0 Å². The van der Waals surface area contributed by atoms with Crippen LogP contribution in [-0.2, 0) is 4.79 Å². The number of carbonyl (C=O) groups is 1. The fourth-order valence-corrected chi connectivity index (χ4v) is 2.49. The molecule has 0 bridgehead atoms. The van der Waals surface area contributed by atoms with Crippen molar-refractivity contribution < 1.29 is 4.79 Å². The molecule has 1 fully saturated rings. The Kier molecular flexibility index (Phi) is 8.45.